The summed E-state index contributed by atoms with van der Waals surface area (Å²) in [6.07, 6.45) is 3.69. The number of piperidine rings is 1. The van der Waals surface area contributed by atoms with E-state index in [1.807, 2.05) is 0 Å². The zero-order chi connectivity index (χ0) is 14.9. The summed E-state index contributed by atoms with van der Waals surface area (Å²) in [6.45, 7) is 8.94. The summed E-state index contributed by atoms with van der Waals surface area (Å²) in [5, 5.41) is 3.32. The third kappa shape index (κ3) is 3.95. The van der Waals surface area contributed by atoms with Crippen molar-refractivity contribution in [3.63, 3.8) is 0 Å². The minimum Gasteiger partial charge on any atom is -0.487 e. The Balaban J connectivity index is 0.00000176. The van der Waals surface area contributed by atoms with Crippen LogP contribution in [-0.4, -0.2) is 37.2 Å². The average Bonchev–Trinajstić information content (AvgIpc) is 2.75. The highest BCUT2D eigenvalue weighted by Gasteiger charge is 2.32. The zero-order valence-corrected chi connectivity index (χ0v) is 14.8. The molecule has 0 aromatic heterocycles. The molecule has 1 N–H and O–H groups in total. The molecular weight excluding hydrogens is 296 g/mol. The lowest BCUT2D eigenvalue weighted by atomic mass is 9.97. The maximum atomic E-state index is 6.20. The van der Waals surface area contributed by atoms with Crippen LogP contribution in [-0.2, 0) is 13.0 Å². The van der Waals surface area contributed by atoms with Gasteiger partial charge in [-0.1, -0.05) is 18.2 Å². The molecule has 3 nitrogen and oxygen atoms in total. The molecule has 124 valence electrons. The van der Waals surface area contributed by atoms with Gasteiger partial charge in [-0.2, -0.15) is 0 Å². The molecule has 1 fully saturated rings. The maximum absolute atomic E-state index is 6.20. The number of benzene rings is 1. The van der Waals surface area contributed by atoms with Gasteiger partial charge >= 0.3 is 0 Å². The van der Waals surface area contributed by atoms with E-state index in [0.717, 1.165) is 31.2 Å². The fourth-order valence-corrected chi connectivity index (χ4v) is 3.79. The van der Waals surface area contributed by atoms with Gasteiger partial charge in [-0.15, -0.1) is 12.4 Å². The van der Waals surface area contributed by atoms with Crippen molar-refractivity contribution in [3.8, 4) is 5.75 Å². The molecule has 1 aromatic carbocycles. The normalized spacial score (nSPS) is 23.5. The Morgan fingerprint density at radius 2 is 2.18 bits per heavy atom. The molecule has 2 heterocycles. The molecule has 2 aliphatic heterocycles. The van der Waals surface area contributed by atoms with Gasteiger partial charge in [0.25, 0.3) is 0 Å². The van der Waals surface area contributed by atoms with E-state index in [2.05, 4.69) is 49.3 Å². The van der Waals surface area contributed by atoms with Gasteiger partial charge in [-0.3, -0.25) is 4.90 Å². The molecule has 0 saturated carbocycles. The lowest BCUT2D eigenvalue weighted by Crippen LogP contribution is -2.38. The lowest BCUT2D eigenvalue weighted by molar-refractivity contribution is 0.131. The predicted octanol–water partition coefficient (Wildman–Crippen LogP) is 3.25. The van der Waals surface area contributed by atoms with Crippen LogP contribution in [0.1, 0.15) is 37.8 Å². The van der Waals surface area contributed by atoms with Crippen LogP contribution in [0.25, 0.3) is 0 Å². The van der Waals surface area contributed by atoms with Crippen LogP contribution >= 0.6 is 12.4 Å². The molecule has 1 atom stereocenters. The second-order valence-electron chi connectivity index (χ2n) is 7.24. The first-order valence-corrected chi connectivity index (χ1v) is 8.24. The number of ether oxygens (including phenoxy) is 1. The van der Waals surface area contributed by atoms with Gasteiger partial charge in [0.15, 0.2) is 0 Å². The van der Waals surface area contributed by atoms with Gasteiger partial charge < -0.3 is 10.1 Å². The number of nitrogens with zero attached hydrogens (tertiary/aromatic N) is 1. The van der Waals surface area contributed by atoms with E-state index in [1.54, 1.807) is 0 Å². The Morgan fingerprint density at radius 1 is 1.36 bits per heavy atom. The minimum absolute atomic E-state index is 0. The van der Waals surface area contributed by atoms with Crippen LogP contribution in [0.5, 0.6) is 5.75 Å². The molecule has 0 spiro atoms. The van der Waals surface area contributed by atoms with Crippen molar-refractivity contribution in [1.29, 1.82) is 0 Å². The maximum Gasteiger partial charge on any atom is 0.127 e. The fourth-order valence-electron chi connectivity index (χ4n) is 3.79. The number of rotatable bonds is 4. The number of hydrogen-bond donors (Lipinski definition) is 1. The van der Waals surface area contributed by atoms with Crippen LogP contribution in [0, 0.1) is 5.92 Å². The van der Waals surface area contributed by atoms with Crippen LogP contribution in [0.15, 0.2) is 18.2 Å². The summed E-state index contributed by atoms with van der Waals surface area (Å²) in [5.74, 6) is 1.94. The van der Waals surface area contributed by atoms with Crippen molar-refractivity contribution in [2.24, 2.45) is 5.92 Å². The van der Waals surface area contributed by atoms with Crippen molar-refractivity contribution < 1.29 is 4.74 Å². The van der Waals surface area contributed by atoms with Crippen LogP contribution in [0.2, 0.25) is 0 Å². The molecule has 1 unspecified atom stereocenters. The van der Waals surface area contributed by atoms with Gasteiger partial charge in [0.2, 0.25) is 0 Å². The highest BCUT2D eigenvalue weighted by atomic mass is 35.5. The van der Waals surface area contributed by atoms with Gasteiger partial charge in [0.05, 0.1) is 0 Å². The summed E-state index contributed by atoms with van der Waals surface area (Å²) in [7, 11) is 2.05. The van der Waals surface area contributed by atoms with E-state index < -0.39 is 0 Å². The number of halogens is 1. The largest absolute Gasteiger partial charge is 0.487 e. The standard InChI is InChI=1S/C18H28N2O.ClH/c1-18(2)10-15-7-4-8-16(17(15)21-18)13-20-9-5-6-14(12-20)11-19-3;/h4,7-8,14,19H,5-6,9-13H2,1-3H3;1H. The summed E-state index contributed by atoms with van der Waals surface area (Å²) in [4.78, 5) is 2.59. The fraction of sp³-hybridized carbons (Fsp3) is 0.667. The summed E-state index contributed by atoms with van der Waals surface area (Å²) in [5.41, 5.74) is 2.69. The van der Waals surface area contributed by atoms with E-state index in [9.17, 15) is 0 Å². The summed E-state index contributed by atoms with van der Waals surface area (Å²) < 4.78 is 6.20. The van der Waals surface area contributed by atoms with Crippen molar-refractivity contribution in [3.05, 3.63) is 29.3 Å². The Kier molecular flexibility index (Phi) is 5.76. The minimum atomic E-state index is -0.0466. The van der Waals surface area contributed by atoms with Crippen LogP contribution < -0.4 is 10.1 Å². The van der Waals surface area contributed by atoms with Crippen molar-refractivity contribution in [1.82, 2.24) is 10.2 Å². The van der Waals surface area contributed by atoms with Crippen LogP contribution in [0.3, 0.4) is 0 Å². The first-order chi connectivity index (χ1) is 10.1. The summed E-state index contributed by atoms with van der Waals surface area (Å²) in [6, 6.07) is 6.64. The molecule has 0 radical (unpaired) electrons. The molecule has 0 amide bonds. The Labute approximate surface area is 140 Å². The summed E-state index contributed by atoms with van der Waals surface area (Å²) >= 11 is 0. The molecule has 2 aliphatic rings. The Hall–Kier alpha value is -0.770. The van der Waals surface area contributed by atoms with Gasteiger partial charge in [-0.05, 0) is 58.3 Å². The molecule has 1 aromatic rings. The first kappa shape index (κ1) is 17.6. The molecule has 0 bridgehead atoms. The Bertz CT molecular complexity index is 502. The average molecular weight is 325 g/mol. The topological polar surface area (TPSA) is 24.5 Å². The van der Waals surface area contributed by atoms with E-state index in [-0.39, 0.29) is 18.0 Å². The van der Waals surface area contributed by atoms with E-state index in [4.69, 9.17) is 4.74 Å². The van der Waals surface area contributed by atoms with E-state index >= 15 is 0 Å². The van der Waals surface area contributed by atoms with Crippen LogP contribution in [0.4, 0.5) is 0 Å². The molecule has 4 heteroatoms. The van der Waals surface area contributed by atoms with E-state index in [1.165, 1.54) is 37.1 Å². The van der Waals surface area contributed by atoms with Gasteiger partial charge in [0.1, 0.15) is 11.4 Å². The second-order valence-corrected chi connectivity index (χ2v) is 7.24. The first-order valence-electron chi connectivity index (χ1n) is 8.24. The smallest absolute Gasteiger partial charge is 0.127 e. The number of fused-ring (bicyclic) bond motifs is 1. The third-order valence-corrected chi connectivity index (χ3v) is 4.66. The Morgan fingerprint density at radius 3 is 2.95 bits per heavy atom. The third-order valence-electron chi connectivity index (χ3n) is 4.66. The molecule has 3 rings (SSSR count). The highest BCUT2D eigenvalue weighted by Crippen LogP contribution is 2.38. The lowest BCUT2D eigenvalue weighted by Gasteiger charge is -2.33. The van der Waals surface area contributed by atoms with Crippen molar-refractivity contribution in [2.45, 2.75) is 45.3 Å². The number of nitrogens with one attached hydrogen (secondary N) is 1. The molecule has 1 saturated heterocycles. The predicted molar refractivity (Wildman–Crippen MR) is 94.0 cm³/mol. The van der Waals surface area contributed by atoms with Gasteiger partial charge in [0, 0.05) is 25.1 Å². The molecule has 22 heavy (non-hydrogen) atoms. The number of likely N-dealkylation sites (tertiary alicyclic amines) is 1. The van der Waals surface area contributed by atoms with Crippen molar-refractivity contribution >= 4 is 12.4 Å². The quantitative estimate of drug-likeness (QED) is 0.920. The SMILES string of the molecule is CNCC1CCCN(Cc2cccc3c2OC(C)(C)C3)C1.Cl. The van der Waals surface area contributed by atoms with Crippen molar-refractivity contribution in [2.75, 3.05) is 26.7 Å². The van der Waals surface area contributed by atoms with Gasteiger partial charge in [-0.25, -0.2) is 0 Å². The number of para-hydroxylation sites is 1. The highest BCUT2D eigenvalue weighted by molar-refractivity contribution is 5.85. The molecular formula is C18H29ClN2O. The van der Waals surface area contributed by atoms with E-state index in [0.29, 0.717) is 0 Å². The molecule has 0 aliphatic carbocycles. The zero-order valence-electron chi connectivity index (χ0n) is 14.0. The monoisotopic (exact) mass is 324 g/mol. The second kappa shape index (κ2) is 7.20. The number of hydrogen-bond acceptors (Lipinski definition) is 3.